The van der Waals surface area contributed by atoms with Gasteiger partial charge >= 0.3 is 0 Å². The van der Waals surface area contributed by atoms with E-state index in [0.29, 0.717) is 12.1 Å². The molecule has 0 bridgehead atoms. The van der Waals surface area contributed by atoms with Gasteiger partial charge in [-0.05, 0) is 80.2 Å². The Labute approximate surface area is 170 Å². The third-order valence-electron chi connectivity index (χ3n) is 4.37. The van der Waals surface area contributed by atoms with Crippen molar-refractivity contribution in [3.63, 3.8) is 0 Å². The van der Waals surface area contributed by atoms with Crippen LogP contribution >= 0.6 is 0 Å². The highest BCUT2D eigenvalue weighted by molar-refractivity contribution is 5.91. The van der Waals surface area contributed by atoms with E-state index < -0.39 is 0 Å². The van der Waals surface area contributed by atoms with Gasteiger partial charge in [-0.2, -0.15) is 0 Å². The minimum absolute atomic E-state index is 0.0845. The summed E-state index contributed by atoms with van der Waals surface area (Å²) in [4.78, 5) is 11.8. The molecule has 0 aliphatic carbocycles. The van der Waals surface area contributed by atoms with E-state index in [9.17, 15) is 25.2 Å². The summed E-state index contributed by atoms with van der Waals surface area (Å²) in [6.45, 7) is 2.24. The van der Waals surface area contributed by atoms with Gasteiger partial charge in [0.05, 0.1) is 0 Å². The van der Waals surface area contributed by atoms with Crippen molar-refractivity contribution in [3.05, 3.63) is 53.6 Å². The zero-order chi connectivity index (χ0) is 21.1. The molecule has 0 unspecified atom stereocenters. The minimum Gasteiger partial charge on any atom is -0.504 e. The average Bonchev–Trinajstić information content (AvgIpc) is 2.70. The quantitative estimate of drug-likeness (QED) is 0.196. The highest BCUT2D eigenvalue weighted by Gasteiger charge is 2.01. The fourth-order valence-corrected chi connectivity index (χ4v) is 2.73. The lowest BCUT2D eigenvalue weighted by Gasteiger charge is -2.06. The van der Waals surface area contributed by atoms with Crippen LogP contribution in [0.15, 0.2) is 42.5 Å². The minimum atomic E-state index is -0.222. The van der Waals surface area contributed by atoms with Gasteiger partial charge < -0.3 is 31.1 Å². The molecule has 0 aromatic heterocycles. The maximum Gasteiger partial charge on any atom is 0.243 e. The fraction of sp³-hybridized carbons (Fsp3) is 0.318. The van der Waals surface area contributed by atoms with Crippen molar-refractivity contribution in [1.82, 2.24) is 10.6 Å². The van der Waals surface area contributed by atoms with Crippen LogP contribution in [0.4, 0.5) is 0 Å². The summed E-state index contributed by atoms with van der Waals surface area (Å²) in [5, 5.41) is 43.5. The molecule has 7 nitrogen and oxygen atoms in total. The first-order valence-electron chi connectivity index (χ1n) is 9.65. The van der Waals surface area contributed by atoms with Crippen LogP contribution in [0.3, 0.4) is 0 Å². The number of carbonyl (C=O) groups is 1. The van der Waals surface area contributed by atoms with E-state index in [1.54, 1.807) is 18.2 Å². The van der Waals surface area contributed by atoms with Gasteiger partial charge in [0.15, 0.2) is 23.0 Å². The Morgan fingerprint density at radius 1 is 0.793 bits per heavy atom. The molecule has 0 aliphatic heterocycles. The van der Waals surface area contributed by atoms with Crippen LogP contribution < -0.4 is 10.6 Å². The molecule has 2 rings (SSSR count). The number of aryl methyl sites for hydroxylation is 1. The van der Waals surface area contributed by atoms with Crippen molar-refractivity contribution in [2.45, 2.75) is 25.7 Å². The molecule has 0 spiro atoms. The Morgan fingerprint density at radius 2 is 1.48 bits per heavy atom. The first kappa shape index (κ1) is 22.1. The standard InChI is InChI=1S/C22H28N2O5/c25-18-8-5-16(14-20(18)27)4-1-2-11-23-12-3-13-24-22(29)10-7-17-6-9-19(26)21(28)15-17/h5-10,14-15,23,25-28H,1-4,11-13H2,(H,24,29)/b10-7+. The Hall–Kier alpha value is -3.19. The smallest absolute Gasteiger partial charge is 0.243 e. The molecule has 0 saturated carbocycles. The molecule has 2 aromatic rings. The van der Waals surface area contributed by atoms with Crippen molar-refractivity contribution in [2.24, 2.45) is 0 Å². The molecular formula is C22H28N2O5. The maximum atomic E-state index is 11.8. The normalized spacial score (nSPS) is 11.0. The molecule has 156 valence electrons. The zero-order valence-electron chi connectivity index (χ0n) is 16.3. The second-order valence-corrected chi connectivity index (χ2v) is 6.76. The van der Waals surface area contributed by atoms with Crippen molar-refractivity contribution >= 4 is 12.0 Å². The number of carbonyl (C=O) groups excluding carboxylic acids is 1. The summed E-state index contributed by atoms with van der Waals surface area (Å²) in [6, 6.07) is 9.25. The molecule has 6 N–H and O–H groups in total. The lowest BCUT2D eigenvalue weighted by Crippen LogP contribution is -2.26. The van der Waals surface area contributed by atoms with Crippen LogP contribution in [0.5, 0.6) is 23.0 Å². The van der Waals surface area contributed by atoms with Gasteiger partial charge in [0.2, 0.25) is 5.91 Å². The van der Waals surface area contributed by atoms with Crippen molar-refractivity contribution in [3.8, 4) is 23.0 Å². The third kappa shape index (κ3) is 8.15. The first-order chi connectivity index (χ1) is 14.0. The Balaban J connectivity index is 1.50. The van der Waals surface area contributed by atoms with E-state index in [1.165, 1.54) is 24.3 Å². The number of hydrogen-bond acceptors (Lipinski definition) is 6. The number of aromatic hydroxyl groups is 4. The predicted molar refractivity (Wildman–Crippen MR) is 112 cm³/mol. The van der Waals surface area contributed by atoms with Crippen LogP contribution in [0.25, 0.3) is 6.08 Å². The van der Waals surface area contributed by atoms with E-state index in [0.717, 1.165) is 44.3 Å². The molecule has 7 heteroatoms. The zero-order valence-corrected chi connectivity index (χ0v) is 16.3. The summed E-state index contributed by atoms with van der Waals surface area (Å²) in [7, 11) is 0. The lowest BCUT2D eigenvalue weighted by molar-refractivity contribution is -0.116. The van der Waals surface area contributed by atoms with E-state index in [4.69, 9.17) is 0 Å². The summed E-state index contributed by atoms with van der Waals surface area (Å²) < 4.78 is 0. The Kier molecular flexibility index (Phi) is 8.85. The van der Waals surface area contributed by atoms with E-state index in [1.807, 2.05) is 6.07 Å². The molecule has 0 atom stereocenters. The monoisotopic (exact) mass is 400 g/mol. The van der Waals surface area contributed by atoms with Crippen LogP contribution in [-0.2, 0) is 11.2 Å². The van der Waals surface area contributed by atoms with Crippen LogP contribution in [0.2, 0.25) is 0 Å². The van der Waals surface area contributed by atoms with E-state index in [2.05, 4.69) is 10.6 Å². The van der Waals surface area contributed by atoms with Gasteiger partial charge in [-0.3, -0.25) is 4.79 Å². The van der Waals surface area contributed by atoms with E-state index in [-0.39, 0.29) is 28.9 Å². The molecule has 0 aliphatic rings. The summed E-state index contributed by atoms with van der Waals surface area (Å²) in [5.74, 6) is -0.815. The Morgan fingerprint density at radius 3 is 2.21 bits per heavy atom. The average molecular weight is 400 g/mol. The SMILES string of the molecule is O=C(/C=C/c1ccc(O)c(O)c1)NCCCNCCCCc1ccc(O)c(O)c1. The number of hydrogen-bond donors (Lipinski definition) is 6. The molecule has 0 radical (unpaired) electrons. The fourth-order valence-electron chi connectivity index (χ4n) is 2.73. The maximum absolute atomic E-state index is 11.8. The lowest BCUT2D eigenvalue weighted by atomic mass is 10.1. The van der Waals surface area contributed by atoms with Gasteiger partial charge in [-0.15, -0.1) is 0 Å². The number of amides is 1. The number of phenols is 4. The number of nitrogens with one attached hydrogen (secondary N) is 2. The van der Waals surface area contributed by atoms with E-state index >= 15 is 0 Å². The number of benzene rings is 2. The van der Waals surface area contributed by atoms with Gasteiger partial charge in [-0.1, -0.05) is 12.1 Å². The molecule has 0 saturated heterocycles. The van der Waals surface area contributed by atoms with Gasteiger partial charge in [0.1, 0.15) is 0 Å². The topological polar surface area (TPSA) is 122 Å². The van der Waals surface area contributed by atoms with Crippen molar-refractivity contribution < 1.29 is 25.2 Å². The number of rotatable bonds is 11. The predicted octanol–water partition coefficient (Wildman–Crippen LogP) is 2.64. The summed E-state index contributed by atoms with van der Waals surface area (Å²) in [6.07, 6.45) is 6.59. The van der Waals surface area contributed by atoms with Crippen LogP contribution in [0, 0.1) is 0 Å². The Bertz CT molecular complexity index is 836. The second kappa shape index (κ2) is 11.6. The van der Waals surface area contributed by atoms with Gasteiger partial charge in [-0.25, -0.2) is 0 Å². The molecule has 2 aromatic carbocycles. The largest absolute Gasteiger partial charge is 0.504 e. The van der Waals surface area contributed by atoms with Crippen LogP contribution in [0.1, 0.15) is 30.4 Å². The molecule has 29 heavy (non-hydrogen) atoms. The van der Waals surface area contributed by atoms with Crippen LogP contribution in [-0.4, -0.2) is 46.0 Å². The number of phenolic OH excluding ortho intramolecular Hbond substituents is 4. The molecule has 0 heterocycles. The third-order valence-corrected chi connectivity index (χ3v) is 4.37. The highest BCUT2D eigenvalue weighted by atomic mass is 16.3. The second-order valence-electron chi connectivity index (χ2n) is 6.76. The highest BCUT2D eigenvalue weighted by Crippen LogP contribution is 2.26. The summed E-state index contributed by atoms with van der Waals surface area (Å²) >= 11 is 0. The molecular weight excluding hydrogens is 372 g/mol. The van der Waals surface area contributed by atoms with Crippen molar-refractivity contribution in [1.29, 1.82) is 0 Å². The molecule has 0 fully saturated rings. The van der Waals surface area contributed by atoms with Gasteiger partial charge in [0.25, 0.3) is 0 Å². The van der Waals surface area contributed by atoms with Gasteiger partial charge in [0, 0.05) is 12.6 Å². The molecule has 1 amide bonds. The summed E-state index contributed by atoms with van der Waals surface area (Å²) in [5.41, 5.74) is 1.62. The first-order valence-corrected chi connectivity index (χ1v) is 9.65. The van der Waals surface area contributed by atoms with Crippen molar-refractivity contribution in [2.75, 3.05) is 19.6 Å². The number of unbranched alkanes of at least 4 members (excludes halogenated alkanes) is 1.